The molecule has 0 amide bonds. The van der Waals surface area contributed by atoms with Gasteiger partial charge in [-0.2, -0.15) is 0 Å². The fraction of sp³-hybridized carbons (Fsp3) is 0.727. The Bertz CT molecular complexity index is 440. The standard InChI is InChI=1S/C11H18N4O2S2/c1-3-14-4-5-15(6-8(14)2)10-12-13-11(19-10)18-7-9(16)17/h8H,3-7H2,1-2H3,(H,16,17). The minimum absolute atomic E-state index is 0.0364. The van der Waals surface area contributed by atoms with E-state index >= 15 is 0 Å². The molecule has 0 saturated carbocycles. The average molecular weight is 302 g/mol. The van der Waals surface area contributed by atoms with E-state index in [4.69, 9.17) is 5.11 Å². The molecule has 106 valence electrons. The predicted octanol–water partition coefficient (Wildman–Crippen LogP) is 1.25. The van der Waals surface area contributed by atoms with Crippen LogP contribution in [-0.4, -0.2) is 64.1 Å². The Morgan fingerprint density at radius 2 is 2.32 bits per heavy atom. The Kier molecular flexibility index (Phi) is 5.00. The summed E-state index contributed by atoms with van der Waals surface area (Å²) >= 11 is 2.70. The largest absolute Gasteiger partial charge is 0.481 e. The van der Waals surface area contributed by atoms with Gasteiger partial charge < -0.3 is 10.0 Å². The van der Waals surface area contributed by atoms with Gasteiger partial charge in [-0.25, -0.2) is 0 Å². The summed E-state index contributed by atoms with van der Waals surface area (Å²) in [7, 11) is 0. The van der Waals surface area contributed by atoms with Crippen LogP contribution in [0, 0.1) is 0 Å². The number of carboxylic acids is 1. The van der Waals surface area contributed by atoms with Gasteiger partial charge in [-0.3, -0.25) is 9.69 Å². The van der Waals surface area contributed by atoms with E-state index in [1.807, 2.05) is 0 Å². The number of aromatic nitrogens is 2. The molecule has 1 aliphatic rings. The maximum absolute atomic E-state index is 10.5. The second kappa shape index (κ2) is 6.53. The Morgan fingerprint density at radius 3 is 2.95 bits per heavy atom. The minimum Gasteiger partial charge on any atom is -0.481 e. The molecule has 0 radical (unpaired) electrons. The lowest BCUT2D eigenvalue weighted by Gasteiger charge is -2.38. The number of piperazine rings is 1. The Hall–Kier alpha value is -0.860. The number of thioether (sulfide) groups is 1. The minimum atomic E-state index is -0.827. The highest BCUT2D eigenvalue weighted by molar-refractivity contribution is 8.01. The number of hydrogen-bond acceptors (Lipinski definition) is 7. The molecule has 1 fully saturated rings. The van der Waals surface area contributed by atoms with Crippen LogP contribution >= 0.6 is 23.1 Å². The molecule has 0 spiro atoms. The van der Waals surface area contributed by atoms with Crippen molar-refractivity contribution < 1.29 is 9.90 Å². The molecule has 6 nitrogen and oxygen atoms in total. The van der Waals surface area contributed by atoms with E-state index in [0.29, 0.717) is 6.04 Å². The first kappa shape index (κ1) is 14.5. The number of anilines is 1. The van der Waals surface area contributed by atoms with E-state index in [1.165, 1.54) is 23.1 Å². The second-order valence-electron chi connectivity index (χ2n) is 4.46. The molecule has 1 aromatic rings. The third-order valence-electron chi connectivity index (χ3n) is 3.16. The van der Waals surface area contributed by atoms with Crippen LogP contribution in [0.15, 0.2) is 4.34 Å². The fourth-order valence-corrected chi connectivity index (χ4v) is 3.75. The van der Waals surface area contributed by atoms with Crippen molar-refractivity contribution in [2.75, 3.05) is 36.8 Å². The second-order valence-corrected chi connectivity index (χ2v) is 6.64. The monoisotopic (exact) mass is 302 g/mol. The van der Waals surface area contributed by atoms with Gasteiger partial charge in [0.25, 0.3) is 0 Å². The Morgan fingerprint density at radius 1 is 1.53 bits per heavy atom. The van der Waals surface area contributed by atoms with Gasteiger partial charge in [-0.05, 0) is 13.5 Å². The van der Waals surface area contributed by atoms with Gasteiger partial charge in [0.2, 0.25) is 5.13 Å². The van der Waals surface area contributed by atoms with Gasteiger partial charge in [0, 0.05) is 25.7 Å². The normalized spacial score (nSPS) is 20.7. The van der Waals surface area contributed by atoms with Gasteiger partial charge in [-0.15, -0.1) is 10.2 Å². The summed E-state index contributed by atoms with van der Waals surface area (Å²) in [6.45, 7) is 8.41. The van der Waals surface area contributed by atoms with Crippen molar-refractivity contribution in [3.05, 3.63) is 0 Å². The molecule has 8 heteroatoms. The third kappa shape index (κ3) is 3.80. The number of aliphatic carboxylic acids is 1. The van der Waals surface area contributed by atoms with Gasteiger partial charge in [0.05, 0.1) is 5.75 Å². The lowest BCUT2D eigenvalue weighted by Crippen LogP contribution is -2.51. The first-order valence-corrected chi connectivity index (χ1v) is 8.07. The van der Waals surface area contributed by atoms with Crippen molar-refractivity contribution in [3.63, 3.8) is 0 Å². The number of carbonyl (C=O) groups is 1. The zero-order valence-corrected chi connectivity index (χ0v) is 12.7. The van der Waals surface area contributed by atoms with Crippen LogP contribution in [0.2, 0.25) is 0 Å². The fourth-order valence-electron chi connectivity index (χ4n) is 2.15. The van der Waals surface area contributed by atoms with Crippen molar-refractivity contribution in [3.8, 4) is 0 Å². The molecule has 19 heavy (non-hydrogen) atoms. The average Bonchev–Trinajstić information content (AvgIpc) is 2.85. The molecule has 1 N–H and O–H groups in total. The SMILES string of the molecule is CCN1CCN(c2nnc(SCC(=O)O)s2)CC1C. The lowest BCUT2D eigenvalue weighted by atomic mass is 10.2. The quantitative estimate of drug-likeness (QED) is 0.821. The summed E-state index contributed by atoms with van der Waals surface area (Å²) in [4.78, 5) is 15.2. The van der Waals surface area contributed by atoms with Gasteiger partial charge in [-0.1, -0.05) is 30.0 Å². The van der Waals surface area contributed by atoms with Crippen LogP contribution in [0.1, 0.15) is 13.8 Å². The number of rotatable bonds is 5. The maximum atomic E-state index is 10.5. The van der Waals surface area contributed by atoms with Crippen LogP contribution in [0.3, 0.4) is 0 Å². The first-order valence-electron chi connectivity index (χ1n) is 6.27. The van der Waals surface area contributed by atoms with Crippen LogP contribution in [0.4, 0.5) is 5.13 Å². The highest BCUT2D eigenvalue weighted by Crippen LogP contribution is 2.29. The van der Waals surface area contributed by atoms with E-state index in [-0.39, 0.29) is 5.75 Å². The zero-order valence-electron chi connectivity index (χ0n) is 11.1. The summed E-state index contributed by atoms with van der Waals surface area (Å²) < 4.78 is 0.725. The van der Waals surface area contributed by atoms with Crippen LogP contribution in [-0.2, 0) is 4.79 Å². The van der Waals surface area contributed by atoms with E-state index in [9.17, 15) is 4.79 Å². The van der Waals surface area contributed by atoms with Crippen LogP contribution in [0.5, 0.6) is 0 Å². The molecular formula is C11H18N4O2S2. The molecule has 2 heterocycles. The van der Waals surface area contributed by atoms with Crippen molar-refractivity contribution in [1.29, 1.82) is 0 Å². The summed E-state index contributed by atoms with van der Waals surface area (Å²) in [5.41, 5.74) is 0. The smallest absolute Gasteiger partial charge is 0.313 e. The molecular weight excluding hydrogens is 284 g/mol. The number of hydrogen-bond donors (Lipinski definition) is 1. The number of carboxylic acid groups (broad SMARTS) is 1. The van der Waals surface area contributed by atoms with Crippen molar-refractivity contribution in [2.45, 2.75) is 24.2 Å². The molecule has 1 aromatic heterocycles. The highest BCUT2D eigenvalue weighted by Gasteiger charge is 2.24. The summed E-state index contributed by atoms with van der Waals surface area (Å²) in [5, 5.41) is 17.7. The molecule has 0 aliphatic carbocycles. The van der Waals surface area contributed by atoms with E-state index in [2.05, 4.69) is 33.8 Å². The molecule has 2 rings (SSSR count). The molecule has 1 unspecified atom stereocenters. The molecule has 1 atom stereocenters. The predicted molar refractivity (Wildman–Crippen MR) is 77.2 cm³/mol. The third-order valence-corrected chi connectivity index (χ3v) is 5.26. The molecule has 0 bridgehead atoms. The topological polar surface area (TPSA) is 69.6 Å². The van der Waals surface area contributed by atoms with Gasteiger partial charge in [0.1, 0.15) is 0 Å². The summed E-state index contributed by atoms with van der Waals surface area (Å²) in [5.74, 6) is -0.791. The van der Waals surface area contributed by atoms with Crippen molar-refractivity contribution in [2.24, 2.45) is 0 Å². The van der Waals surface area contributed by atoms with Crippen molar-refractivity contribution >= 4 is 34.2 Å². The molecule has 1 saturated heterocycles. The Balaban J connectivity index is 1.94. The number of nitrogens with zero attached hydrogens (tertiary/aromatic N) is 4. The zero-order chi connectivity index (χ0) is 13.8. The van der Waals surface area contributed by atoms with Gasteiger partial charge in [0.15, 0.2) is 4.34 Å². The maximum Gasteiger partial charge on any atom is 0.313 e. The lowest BCUT2D eigenvalue weighted by molar-refractivity contribution is -0.133. The first-order chi connectivity index (χ1) is 9.10. The Labute approximate surface area is 120 Å². The van der Waals surface area contributed by atoms with E-state index in [0.717, 1.165) is 35.7 Å². The van der Waals surface area contributed by atoms with Crippen molar-refractivity contribution in [1.82, 2.24) is 15.1 Å². The van der Waals surface area contributed by atoms with E-state index < -0.39 is 5.97 Å². The molecule has 0 aromatic carbocycles. The number of likely N-dealkylation sites (N-methyl/N-ethyl adjacent to an activating group) is 1. The van der Waals surface area contributed by atoms with Crippen LogP contribution in [0.25, 0.3) is 0 Å². The van der Waals surface area contributed by atoms with Gasteiger partial charge >= 0.3 is 5.97 Å². The summed E-state index contributed by atoms with van der Waals surface area (Å²) in [6.07, 6.45) is 0. The van der Waals surface area contributed by atoms with Crippen LogP contribution < -0.4 is 4.90 Å². The summed E-state index contributed by atoms with van der Waals surface area (Å²) in [6, 6.07) is 0.512. The molecule has 1 aliphatic heterocycles. The highest BCUT2D eigenvalue weighted by atomic mass is 32.2. The van der Waals surface area contributed by atoms with E-state index in [1.54, 1.807) is 0 Å².